The lowest BCUT2D eigenvalue weighted by Gasteiger charge is -2.22. The highest BCUT2D eigenvalue weighted by molar-refractivity contribution is 14.1. The van der Waals surface area contributed by atoms with Gasteiger partial charge in [0.15, 0.2) is 0 Å². The molecule has 0 fully saturated rings. The van der Waals surface area contributed by atoms with Gasteiger partial charge in [-0.05, 0) is 34.7 Å². The van der Waals surface area contributed by atoms with Crippen LogP contribution in [-0.4, -0.2) is 29.3 Å². The number of benzene rings is 1. The van der Waals surface area contributed by atoms with E-state index in [1.165, 1.54) is 22.6 Å². The van der Waals surface area contributed by atoms with Crippen molar-refractivity contribution in [3.63, 3.8) is 0 Å². The quantitative estimate of drug-likeness (QED) is 0.511. The summed E-state index contributed by atoms with van der Waals surface area (Å²) in [5.74, 6) is -1.63. The predicted octanol–water partition coefficient (Wildman–Crippen LogP) is 2.17. The van der Waals surface area contributed by atoms with Gasteiger partial charge < -0.3 is 0 Å². The second-order valence-electron chi connectivity index (χ2n) is 4.00. The maximum atomic E-state index is 13.3. The van der Waals surface area contributed by atoms with Gasteiger partial charge in [-0.15, -0.1) is 0 Å². The van der Waals surface area contributed by atoms with E-state index in [-0.39, 0.29) is 13.3 Å². The monoisotopic (exact) mass is 461 g/mol. The van der Waals surface area contributed by atoms with Crippen LogP contribution in [0.15, 0.2) is 12.1 Å². The van der Waals surface area contributed by atoms with E-state index in [9.17, 15) is 34.4 Å². The van der Waals surface area contributed by atoms with Crippen LogP contribution in [0.1, 0.15) is 5.56 Å². The minimum atomic E-state index is -5.09. The summed E-state index contributed by atoms with van der Waals surface area (Å²) in [4.78, 5) is 0. The number of nitrogens with zero attached hydrogens (tertiary/aromatic N) is 1. The van der Waals surface area contributed by atoms with E-state index in [0.29, 0.717) is 18.6 Å². The molecule has 12 heteroatoms. The maximum Gasteiger partial charge on any atom is 0.419 e. The van der Waals surface area contributed by atoms with Crippen molar-refractivity contribution in [3.05, 3.63) is 27.1 Å². The number of halogens is 5. The zero-order valence-electron chi connectivity index (χ0n) is 10.4. The lowest BCUT2D eigenvalue weighted by molar-refractivity contribution is -0.139. The Morgan fingerprint density at radius 2 is 1.48 bits per heavy atom. The molecule has 0 aromatic heterocycles. The van der Waals surface area contributed by atoms with Crippen molar-refractivity contribution in [3.8, 4) is 0 Å². The number of rotatable bonds is 3. The van der Waals surface area contributed by atoms with Crippen molar-refractivity contribution in [2.45, 2.75) is 6.18 Å². The summed E-state index contributed by atoms with van der Waals surface area (Å²) in [5.41, 5.74) is -2.54. The highest BCUT2D eigenvalue weighted by Gasteiger charge is 2.37. The van der Waals surface area contributed by atoms with Gasteiger partial charge in [0.2, 0.25) is 20.0 Å². The molecule has 0 heterocycles. The molecule has 0 radical (unpaired) electrons. The molecule has 0 saturated heterocycles. The van der Waals surface area contributed by atoms with Crippen LogP contribution in [-0.2, 0) is 26.2 Å². The molecule has 0 N–H and O–H groups in total. The van der Waals surface area contributed by atoms with E-state index >= 15 is 0 Å². The van der Waals surface area contributed by atoms with Crippen molar-refractivity contribution in [2.75, 3.05) is 16.2 Å². The first-order valence-electron chi connectivity index (χ1n) is 4.92. The minimum absolute atomic E-state index is 0.152. The summed E-state index contributed by atoms with van der Waals surface area (Å²) in [6.45, 7) is 0. The molecule has 0 aliphatic carbocycles. The molecule has 0 saturated carbocycles. The van der Waals surface area contributed by atoms with Crippen molar-refractivity contribution in [2.24, 2.45) is 0 Å². The Hall–Kier alpha value is -0.630. The van der Waals surface area contributed by atoms with E-state index in [4.69, 9.17) is 0 Å². The summed E-state index contributed by atoms with van der Waals surface area (Å²) in [5, 5.41) is 0. The Bertz CT molecular complexity index is 742. The highest BCUT2D eigenvalue weighted by atomic mass is 127. The van der Waals surface area contributed by atoms with E-state index in [2.05, 4.69) is 0 Å². The van der Waals surface area contributed by atoms with Gasteiger partial charge in [-0.1, -0.05) is 0 Å². The number of anilines is 1. The van der Waals surface area contributed by atoms with Crippen molar-refractivity contribution >= 4 is 48.3 Å². The number of hydrogen-bond donors (Lipinski definition) is 0. The standard InChI is InChI=1S/C9H8F4INO4S2/c1-20(16,17)15(21(2,18)19)8-3-5(9(11,12)13)6(10)4-7(8)14/h3-4H,1-2H3. The fraction of sp³-hybridized carbons (Fsp3) is 0.333. The zero-order chi connectivity index (χ0) is 16.8. The zero-order valence-corrected chi connectivity index (χ0v) is 14.2. The molecular weight excluding hydrogens is 453 g/mol. The topological polar surface area (TPSA) is 71.5 Å². The fourth-order valence-electron chi connectivity index (χ4n) is 1.50. The van der Waals surface area contributed by atoms with Gasteiger partial charge >= 0.3 is 6.18 Å². The second-order valence-corrected chi connectivity index (χ2v) is 9.06. The molecule has 0 aliphatic heterocycles. The van der Waals surface area contributed by atoms with Gasteiger partial charge in [0.1, 0.15) is 5.82 Å². The molecule has 120 valence electrons. The largest absolute Gasteiger partial charge is 0.419 e. The first-order chi connectivity index (χ1) is 9.15. The Balaban J connectivity index is 3.78. The minimum Gasteiger partial charge on any atom is -0.206 e. The van der Waals surface area contributed by atoms with E-state index in [0.717, 1.165) is 0 Å². The first kappa shape index (κ1) is 18.4. The molecule has 1 aromatic rings. The van der Waals surface area contributed by atoms with E-state index < -0.39 is 43.3 Å². The van der Waals surface area contributed by atoms with Crippen LogP contribution in [0.2, 0.25) is 0 Å². The van der Waals surface area contributed by atoms with Crippen LogP contribution < -0.4 is 3.71 Å². The van der Waals surface area contributed by atoms with Crippen LogP contribution in [0, 0.1) is 9.39 Å². The lowest BCUT2D eigenvalue weighted by Crippen LogP contribution is -2.36. The molecule has 5 nitrogen and oxygen atoms in total. The Labute approximate surface area is 132 Å². The third kappa shape index (κ3) is 4.18. The van der Waals surface area contributed by atoms with Crippen LogP contribution in [0.3, 0.4) is 0 Å². The third-order valence-corrected chi connectivity index (χ3v) is 6.23. The second kappa shape index (κ2) is 5.53. The average Bonchev–Trinajstić information content (AvgIpc) is 2.15. The lowest BCUT2D eigenvalue weighted by atomic mass is 10.2. The summed E-state index contributed by atoms with van der Waals surface area (Å²) in [6, 6.07) is 0.571. The summed E-state index contributed by atoms with van der Waals surface area (Å²) < 4.78 is 97.0. The van der Waals surface area contributed by atoms with Crippen LogP contribution in [0.5, 0.6) is 0 Å². The third-order valence-electron chi connectivity index (χ3n) is 2.14. The maximum absolute atomic E-state index is 13.3. The Morgan fingerprint density at radius 3 is 1.81 bits per heavy atom. The number of alkyl halides is 3. The normalized spacial score (nSPS) is 13.3. The van der Waals surface area contributed by atoms with Crippen LogP contribution >= 0.6 is 22.6 Å². The molecule has 0 aliphatic rings. The van der Waals surface area contributed by atoms with Gasteiger partial charge in [0.05, 0.1) is 23.8 Å². The smallest absolute Gasteiger partial charge is 0.206 e. The molecule has 1 aromatic carbocycles. The summed E-state index contributed by atoms with van der Waals surface area (Å²) in [7, 11) is -8.84. The first-order valence-corrected chi connectivity index (χ1v) is 9.70. The van der Waals surface area contributed by atoms with Gasteiger partial charge in [-0.2, -0.15) is 16.9 Å². The van der Waals surface area contributed by atoms with Crippen LogP contribution in [0.25, 0.3) is 0 Å². The Morgan fingerprint density at radius 1 is 1.05 bits per heavy atom. The van der Waals surface area contributed by atoms with Gasteiger partial charge in [-0.3, -0.25) is 0 Å². The summed E-state index contributed by atoms with van der Waals surface area (Å²) in [6.07, 6.45) is -4.06. The molecular formula is C9H8F4INO4S2. The summed E-state index contributed by atoms with van der Waals surface area (Å²) >= 11 is 1.35. The number of sulfonamides is 2. The van der Waals surface area contributed by atoms with E-state index in [1.807, 2.05) is 0 Å². The Kier molecular flexibility index (Phi) is 4.85. The van der Waals surface area contributed by atoms with Gasteiger partial charge in [0, 0.05) is 3.57 Å². The molecule has 0 amide bonds. The molecule has 21 heavy (non-hydrogen) atoms. The number of hydrogen-bond acceptors (Lipinski definition) is 4. The van der Waals surface area contributed by atoms with Crippen molar-refractivity contribution in [1.82, 2.24) is 0 Å². The molecule has 1 rings (SSSR count). The van der Waals surface area contributed by atoms with Gasteiger partial charge in [-0.25, -0.2) is 21.2 Å². The molecule has 0 unspecified atom stereocenters. The average molecular weight is 461 g/mol. The molecule has 0 atom stereocenters. The fourth-order valence-corrected chi connectivity index (χ4v) is 5.48. The van der Waals surface area contributed by atoms with Crippen LogP contribution in [0.4, 0.5) is 23.2 Å². The molecule has 0 spiro atoms. The SMILES string of the molecule is CS(=O)(=O)N(c1cc(C(F)(F)F)c(F)cc1I)S(C)(=O)=O. The molecule has 0 bridgehead atoms. The van der Waals surface area contributed by atoms with Crippen molar-refractivity contribution < 1.29 is 34.4 Å². The van der Waals surface area contributed by atoms with E-state index in [1.54, 1.807) is 0 Å². The highest BCUT2D eigenvalue weighted by Crippen LogP contribution is 2.37. The predicted molar refractivity (Wildman–Crippen MR) is 76.3 cm³/mol. The van der Waals surface area contributed by atoms with Gasteiger partial charge in [0.25, 0.3) is 0 Å². The van der Waals surface area contributed by atoms with Crippen molar-refractivity contribution in [1.29, 1.82) is 0 Å².